The third-order valence-corrected chi connectivity index (χ3v) is 3.99. The number of nitrogens with two attached hydrogens (primary N) is 1. The standard InChI is InChI=1S/C14H17ClN2O3/c1-8-6-9(14(19)20)4-5-17(8)12-3-2-10(15)7-11(12)13(16)18/h2-3,7-9H,4-6H2,1H3,(H2,16,18)(H,19,20). The first-order chi connectivity index (χ1) is 9.40. The Morgan fingerprint density at radius 3 is 2.70 bits per heavy atom. The van der Waals surface area contributed by atoms with Crippen LogP contribution in [0.1, 0.15) is 30.1 Å². The minimum Gasteiger partial charge on any atom is -0.481 e. The molecule has 0 spiro atoms. The predicted molar refractivity (Wildman–Crippen MR) is 77.1 cm³/mol. The summed E-state index contributed by atoms with van der Waals surface area (Å²) in [4.78, 5) is 24.6. The molecule has 3 N–H and O–H groups in total. The number of rotatable bonds is 3. The quantitative estimate of drug-likeness (QED) is 0.895. The second-order valence-corrected chi connectivity index (χ2v) is 5.56. The highest BCUT2D eigenvalue weighted by molar-refractivity contribution is 6.31. The maximum absolute atomic E-state index is 11.5. The van der Waals surface area contributed by atoms with Crippen molar-refractivity contribution in [1.29, 1.82) is 0 Å². The molecular weight excluding hydrogens is 280 g/mol. The number of halogens is 1. The van der Waals surface area contributed by atoms with Gasteiger partial charge in [-0.25, -0.2) is 0 Å². The Balaban J connectivity index is 2.29. The number of aliphatic carboxylic acids is 1. The highest BCUT2D eigenvalue weighted by Crippen LogP contribution is 2.31. The van der Waals surface area contributed by atoms with E-state index in [1.807, 2.05) is 11.8 Å². The van der Waals surface area contributed by atoms with Crippen LogP contribution in [-0.4, -0.2) is 29.6 Å². The van der Waals surface area contributed by atoms with Gasteiger partial charge in [0.15, 0.2) is 0 Å². The van der Waals surface area contributed by atoms with Crippen LogP contribution in [0.25, 0.3) is 0 Å². The molecule has 1 fully saturated rings. The van der Waals surface area contributed by atoms with Crippen molar-refractivity contribution in [3.05, 3.63) is 28.8 Å². The summed E-state index contributed by atoms with van der Waals surface area (Å²) in [5.74, 6) is -1.62. The zero-order chi connectivity index (χ0) is 14.9. The van der Waals surface area contributed by atoms with Gasteiger partial charge in [-0.1, -0.05) is 11.6 Å². The fraction of sp³-hybridized carbons (Fsp3) is 0.429. The van der Waals surface area contributed by atoms with Gasteiger partial charge in [0.05, 0.1) is 11.5 Å². The lowest BCUT2D eigenvalue weighted by Crippen LogP contribution is -2.43. The predicted octanol–water partition coefficient (Wildman–Crippen LogP) is 2.13. The van der Waals surface area contributed by atoms with Crippen LogP contribution in [0.4, 0.5) is 5.69 Å². The molecule has 1 aromatic rings. The highest BCUT2D eigenvalue weighted by Gasteiger charge is 2.31. The molecule has 1 amide bonds. The lowest BCUT2D eigenvalue weighted by Gasteiger charge is -2.38. The van der Waals surface area contributed by atoms with Gasteiger partial charge in [-0.15, -0.1) is 0 Å². The van der Waals surface area contributed by atoms with Gasteiger partial charge in [-0.05, 0) is 38.0 Å². The van der Waals surface area contributed by atoms with Gasteiger partial charge in [0.2, 0.25) is 0 Å². The molecular formula is C14H17ClN2O3. The molecule has 1 aliphatic heterocycles. The molecule has 20 heavy (non-hydrogen) atoms. The number of carbonyl (C=O) groups is 2. The van der Waals surface area contributed by atoms with E-state index in [0.29, 0.717) is 30.0 Å². The van der Waals surface area contributed by atoms with E-state index in [4.69, 9.17) is 22.4 Å². The molecule has 1 saturated heterocycles. The Labute approximate surface area is 122 Å². The molecule has 0 bridgehead atoms. The molecule has 5 nitrogen and oxygen atoms in total. The topological polar surface area (TPSA) is 83.6 Å². The van der Waals surface area contributed by atoms with Crippen LogP contribution in [0.3, 0.4) is 0 Å². The normalized spacial score (nSPS) is 22.6. The van der Waals surface area contributed by atoms with Crippen LogP contribution in [0.2, 0.25) is 5.02 Å². The van der Waals surface area contributed by atoms with Crippen molar-refractivity contribution >= 4 is 29.2 Å². The Morgan fingerprint density at radius 1 is 1.45 bits per heavy atom. The fourth-order valence-electron chi connectivity index (χ4n) is 2.71. The number of amides is 1. The van der Waals surface area contributed by atoms with Crippen molar-refractivity contribution in [2.24, 2.45) is 11.7 Å². The number of carboxylic acids is 1. The first-order valence-electron chi connectivity index (χ1n) is 6.49. The zero-order valence-electron chi connectivity index (χ0n) is 11.2. The molecule has 0 radical (unpaired) electrons. The molecule has 0 aliphatic carbocycles. The first kappa shape index (κ1) is 14.7. The van der Waals surface area contributed by atoms with Crippen molar-refractivity contribution in [2.45, 2.75) is 25.8 Å². The summed E-state index contributed by atoms with van der Waals surface area (Å²) in [5.41, 5.74) is 6.49. The Morgan fingerprint density at radius 2 is 2.15 bits per heavy atom. The van der Waals surface area contributed by atoms with Gasteiger partial charge in [0, 0.05) is 23.3 Å². The van der Waals surface area contributed by atoms with Crippen LogP contribution in [-0.2, 0) is 4.79 Å². The average Bonchev–Trinajstić information content (AvgIpc) is 2.38. The van der Waals surface area contributed by atoms with Gasteiger partial charge in [0.1, 0.15) is 0 Å². The minimum absolute atomic E-state index is 0.0316. The van der Waals surface area contributed by atoms with Crippen LogP contribution >= 0.6 is 11.6 Å². The summed E-state index contributed by atoms with van der Waals surface area (Å²) in [6, 6.07) is 5.05. The second kappa shape index (κ2) is 5.71. The third-order valence-electron chi connectivity index (χ3n) is 3.76. The van der Waals surface area contributed by atoms with E-state index in [0.717, 1.165) is 5.69 Å². The van der Waals surface area contributed by atoms with E-state index in [-0.39, 0.29) is 12.0 Å². The lowest BCUT2D eigenvalue weighted by molar-refractivity contribution is -0.142. The van der Waals surface area contributed by atoms with Gasteiger partial charge in [-0.2, -0.15) is 0 Å². The highest BCUT2D eigenvalue weighted by atomic mass is 35.5. The minimum atomic E-state index is -0.761. The summed E-state index contributed by atoms with van der Waals surface area (Å²) in [6.07, 6.45) is 1.11. The van der Waals surface area contributed by atoms with E-state index in [1.54, 1.807) is 18.2 Å². The number of anilines is 1. The number of piperidine rings is 1. The summed E-state index contributed by atoms with van der Waals surface area (Å²) >= 11 is 5.90. The van der Waals surface area contributed by atoms with Gasteiger partial charge in [-0.3, -0.25) is 9.59 Å². The van der Waals surface area contributed by atoms with Crippen molar-refractivity contribution < 1.29 is 14.7 Å². The smallest absolute Gasteiger partial charge is 0.306 e. The Hall–Kier alpha value is -1.75. The van der Waals surface area contributed by atoms with Gasteiger partial charge < -0.3 is 15.7 Å². The van der Waals surface area contributed by atoms with Gasteiger partial charge >= 0.3 is 5.97 Å². The third kappa shape index (κ3) is 2.88. The molecule has 1 heterocycles. The van der Waals surface area contributed by atoms with E-state index in [9.17, 15) is 9.59 Å². The molecule has 6 heteroatoms. The summed E-state index contributed by atoms with van der Waals surface area (Å²) < 4.78 is 0. The monoisotopic (exact) mass is 296 g/mol. The molecule has 2 rings (SSSR count). The molecule has 1 aromatic carbocycles. The summed E-state index contributed by atoms with van der Waals surface area (Å²) in [6.45, 7) is 2.54. The Kier molecular flexibility index (Phi) is 4.18. The largest absolute Gasteiger partial charge is 0.481 e. The van der Waals surface area contributed by atoms with E-state index < -0.39 is 11.9 Å². The molecule has 0 saturated carbocycles. The number of carboxylic acid groups (broad SMARTS) is 1. The van der Waals surface area contributed by atoms with Crippen LogP contribution in [0.5, 0.6) is 0 Å². The molecule has 108 valence electrons. The number of benzene rings is 1. The second-order valence-electron chi connectivity index (χ2n) is 5.13. The van der Waals surface area contributed by atoms with E-state index in [1.165, 1.54) is 0 Å². The van der Waals surface area contributed by atoms with Crippen LogP contribution in [0.15, 0.2) is 18.2 Å². The number of carbonyl (C=O) groups excluding carboxylic acids is 1. The Bertz CT molecular complexity index is 547. The maximum atomic E-state index is 11.5. The average molecular weight is 297 g/mol. The fourth-order valence-corrected chi connectivity index (χ4v) is 2.88. The lowest BCUT2D eigenvalue weighted by atomic mass is 9.91. The zero-order valence-corrected chi connectivity index (χ0v) is 11.9. The number of hydrogen-bond acceptors (Lipinski definition) is 3. The van der Waals surface area contributed by atoms with E-state index >= 15 is 0 Å². The maximum Gasteiger partial charge on any atom is 0.306 e. The SMILES string of the molecule is CC1CC(C(=O)O)CCN1c1ccc(Cl)cc1C(N)=O. The van der Waals surface area contributed by atoms with Crippen molar-refractivity contribution in [3.63, 3.8) is 0 Å². The number of primary amides is 1. The van der Waals surface area contributed by atoms with Crippen LogP contribution in [0, 0.1) is 5.92 Å². The molecule has 0 aromatic heterocycles. The number of nitrogens with zero attached hydrogens (tertiary/aromatic N) is 1. The molecule has 2 atom stereocenters. The molecule has 2 unspecified atom stereocenters. The van der Waals surface area contributed by atoms with Crippen molar-refractivity contribution in [1.82, 2.24) is 0 Å². The van der Waals surface area contributed by atoms with Gasteiger partial charge in [0.25, 0.3) is 5.91 Å². The summed E-state index contributed by atoms with van der Waals surface area (Å²) in [7, 11) is 0. The molecule has 1 aliphatic rings. The van der Waals surface area contributed by atoms with Crippen LogP contribution < -0.4 is 10.6 Å². The summed E-state index contributed by atoms with van der Waals surface area (Å²) in [5, 5.41) is 9.54. The van der Waals surface area contributed by atoms with Crippen molar-refractivity contribution in [3.8, 4) is 0 Å². The number of hydrogen-bond donors (Lipinski definition) is 2. The first-order valence-corrected chi connectivity index (χ1v) is 6.86. The van der Waals surface area contributed by atoms with Crippen molar-refractivity contribution in [2.75, 3.05) is 11.4 Å². The van der Waals surface area contributed by atoms with E-state index in [2.05, 4.69) is 0 Å².